The number of nitrogens with two attached hydrogens (primary N) is 1. The van der Waals surface area contributed by atoms with Crippen molar-refractivity contribution in [3.8, 4) is 0 Å². The molecule has 8 heteroatoms. The Morgan fingerprint density at radius 2 is 1.63 bits per heavy atom. The minimum Gasteiger partial charge on any atom is -0.369 e. The van der Waals surface area contributed by atoms with E-state index in [1.807, 2.05) is 0 Å². The molecule has 0 aliphatic rings. The first kappa shape index (κ1) is 23.3. The number of carbonyl (C=O) groups is 3. The molecule has 0 radical (unpaired) electrons. The highest BCUT2D eigenvalue weighted by molar-refractivity contribution is 6.30. The third-order valence-corrected chi connectivity index (χ3v) is 4.91. The maximum absolute atomic E-state index is 13.1. The van der Waals surface area contributed by atoms with Gasteiger partial charge in [-0.2, -0.15) is 0 Å². The van der Waals surface area contributed by atoms with Gasteiger partial charge in [-0.15, -0.1) is 0 Å². The summed E-state index contributed by atoms with van der Waals surface area (Å²) in [4.78, 5) is 36.9. The van der Waals surface area contributed by atoms with E-state index in [2.05, 4.69) is 10.6 Å². The molecule has 30 heavy (non-hydrogen) atoms. The van der Waals surface area contributed by atoms with Crippen LogP contribution in [0.5, 0.6) is 0 Å². The number of hydrogen-bond donors (Lipinski definition) is 3. The van der Waals surface area contributed by atoms with Crippen molar-refractivity contribution in [3.05, 3.63) is 70.5 Å². The molecular formula is C22H25ClFN3O3. The van der Waals surface area contributed by atoms with Gasteiger partial charge >= 0.3 is 0 Å². The zero-order chi connectivity index (χ0) is 22.3. The van der Waals surface area contributed by atoms with Crippen LogP contribution in [0, 0.1) is 17.7 Å². The van der Waals surface area contributed by atoms with Crippen molar-refractivity contribution in [2.24, 2.45) is 17.6 Å². The Kier molecular flexibility index (Phi) is 8.35. The summed E-state index contributed by atoms with van der Waals surface area (Å²) in [5.74, 6) is -2.63. The largest absolute Gasteiger partial charge is 0.369 e. The number of benzene rings is 2. The third-order valence-electron chi connectivity index (χ3n) is 4.66. The summed E-state index contributed by atoms with van der Waals surface area (Å²) >= 11 is 5.83. The van der Waals surface area contributed by atoms with Gasteiger partial charge in [-0.1, -0.05) is 37.6 Å². The molecule has 2 rings (SSSR count). The van der Waals surface area contributed by atoms with E-state index in [0.717, 1.165) is 5.56 Å². The normalized spacial score (nSPS) is 12.8. The second-order valence-electron chi connectivity index (χ2n) is 7.38. The quantitative estimate of drug-likeness (QED) is 0.566. The van der Waals surface area contributed by atoms with E-state index in [4.69, 9.17) is 17.3 Å². The van der Waals surface area contributed by atoms with Gasteiger partial charge in [-0.25, -0.2) is 4.39 Å². The van der Waals surface area contributed by atoms with Gasteiger partial charge < -0.3 is 16.4 Å². The Morgan fingerprint density at radius 3 is 2.17 bits per heavy atom. The molecule has 0 spiro atoms. The molecule has 160 valence electrons. The fraction of sp³-hybridized carbons (Fsp3) is 0.318. The summed E-state index contributed by atoms with van der Waals surface area (Å²) < 4.78 is 13.1. The molecule has 0 fully saturated rings. The van der Waals surface area contributed by atoms with Gasteiger partial charge in [0.05, 0.1) is 5.92 Å². The Bertz CT molecular complexity index is 886. The summed E-state index contributed by atoms with van der Waals surface area (Å²) in [5.41, 5.74) is 6.57. The monoisotopic (exact) mass is 433 g/mol. The SMILES string of the molecule is CC(C)[C@@H](NC(=O)c1ccc(Cl)cc1)C(=O)NC[C@@H](Cc1ccc(F)cc1)C(N)=O. The summed E-state index contributed by atoms with van der Waals surface area (Å²) in [7, 11) is 0. The van der Waals surface area contributed by atoms with Gasteiger partial charge in [0.1, 0.15) is 11.9 Å². The predicted octanol–water partition coefficient (Wildman–Crippen LogP) is 2.69. The fourth-order valence-electron chi connectivity index (χ4n) is 2.87. The molecule has 0 aliphatic carbocycles. The highest BCUT2D eigenvalue weighted by Crippen LogP contribution is 2.12. The molecule has 0 heterocycles. The van der Waals surface area contributed by atoms with Gasteiger partial charge in [-0.05, 0) is 54.3 Å². The van der Waals surface area contributed by atoms with Crippen LogP contribution in [0.1, 0.15) is 29.8 Å². The summed E-state index contributed by atoms with van der Waals surface area (Å²) in [6.45, 7) is 3.61. The van der Waals surface area contributed by atoms with Crippen molar-refractivity contribution in [1.29, 1.82) is 0 Å². The summed E-state index contributed by atoms with van der Waals surface area (Å²) in [6.07, 6.45) is 0.263. The first-order valence-electron chi connectivity index (χ1n) is 9.55. The van der Waals surface area contributed by atoms with Gasteiger partial charge in [-0.3, -0.25) is 14.4 Å². The minimum atomic E-state index is -0.799. The number of nitrogens with one attached hydrogen (secondary N) is 2. The van der Waals surface area contributed by atoms with E-state index in [1.165, 1.54) is 12.1 Å². The summed E-state index contributed by atoms with van der Waals surface area (Å²) in [6, 6.07) is 11.2. The minimum absolute atomic E-state index is 0.00553. The van der Waals surface area contributed by atoms with Crippen LogP contribution >= 0.6 is 11.6 Å². The standard InChI is InChI=1S/C22H25ClFN3O3/c1-13(2)19(27-21(29)15-5-7-17(23)8-6-15)22(30)26-12-16(20(25)28)11-14-3-9-18(24)10-4-14/h3-10,13,16,19H,11-12H2,1-2H3,(H2,25,28)(H,26,30)(H,27,29)/t16-,19-/m1/s1. The molecule has 0 unspecified atom stereocenters. The van der Waals surface area contributed by atoms with Crippen LogP contribution < -0.4 is 16.4 Å². The molecule has 0 aromatic heterocycles. The van der Waals surface area contributed by atoms with Crippen LogP contribution in [0.25, 0.3) is 0 Å². The Balaban J connectivity index is 2.00. The van der Waals surface area contributed by atoms with E-state index in [1.54, 1.807) is 50.2 Å². The van der Waals surface area contributed by atoms with Crippen molar-refractivity contribution in [2.75, 3.05) is 6.54 Å². The van der Waals surface area contributed by atoms with Crippen molar-refractivity contribution in [3.63, 3.8) is 0 Å². The molecule has 3 amide bonds. The van der Waals surface area contributed by atoms with E-state index >= 15 is 0 Å². The molecule has 0 saturated heterocycles. The fourth-order valence-corrected chi connectivity index (χ4v) is 3.00. The third kappa shape index (κ3) is 6.84. The number of hydrogen-bond acceptors (Lipinski definition) is 3. The number of halogens is 2. The predicted molar refractivity (Wildman–Crippen MR) is 113 cm³/mol. The highest BCUT2D eigenvalue weighted by Gasteiger charge is 2.26. The molecular weight excluding hydrogens is 409 g/mol. The number of rotatable bonds is 9. The van der Waals surface area contributed by atoms with Crippen LogP contribution in [-0.2, 0) is 16.0 Å². The molecule has 2 aromatic rings. The van der Waals surface area contributed by atoms with E-state index in [0.29, 0.717) is 10.6 Å². The number of amides is 3. The molecule has 4 N–H and O–H groups in total. The Morgan fingerprint density at radius 1 is 1.03 bits per heavy atom. The smallest absolute Gasteiger partial charge is 0.251 e. The van der Waals surface area contributed by atoms with Crippen LogP contribution in [-0.4, -0.2) is 30.3 Å². The van der Waals surface area contributed by atoms with Crippen LogP contribution in [0.4, 0.5) is 4.39 Å². The van der Waals surface area contributed by atoms with Crippen molar-refractivity contribution >= 4 is 29.3 Å². The first-order chi connectivity index (χ1) is 14.2. The molecule has 2 aromatic carbocycles. The molecule has 0 aliphatic heterocycles. The number of carbonyl (C=O) groups excluding carboxylic acids is 3. The molecule has 0 saturated carbocycles. The van der Waals surface area contributed by atoms with Crippen LogP contribution in [0.3, 0.4) is 0 Å². The zero-order valence-corrected chi connectivity index (χ0v) is 17.6. The lowest BCUT2D eigenvalue weighted by molar-refractivity contribution is -0.125. The molecule has 0 bridgehead atoms. The average Bonchev–Trinajstić information content (AvgIpc) is 2.70. The lowest BCUT2D eigenvalue weighted by Gasteiger charge is -2.23. The zero-order valence-electron chi connectivity index (χ0n) is 16.8. The van der Waals surface area contributed by atoms with Crippen molar-refractivity contribution < 1.29 is 18.8 Å². The van der Waals surface area contributed by atoms with E-state index in [9.17, 15) is 18.8 Å². The summed E-state index contributed by atoms with van der Waals surface area (Å²) in [5, 5.41) is 5.91. The van der Waals surface area contributed by atoms with Gasteiger partial charge in [0.15, 0.2) is 0 Å². The van der Waals surface area contributed by atoms with Crippen molar-refractivity contribution in [1.82, 2.24) is 10.6 Å². The van der Waals surface area contributed by atoms with Crippen LogP contribution in [0.15, 0.2) is 48.5 Å². The Hall–Kier alpha value is -2.93. The second kappa shape index (κ2) is 10.7. The van der Waals surface area contributed by atoms with Gasteiger partial charge in [0.2, 0.25) is 11.8 Å². The average molecular weight is 434 g/mol. The second-order valence-corrected chi connectivity index (χ2v) is 7.81. The Labute approximate surface area is 180 Å². The molecule has 6 nitrogen and oxygen atoms in total. The van der Waals surface area contributed by atoms with Gasteiger partial charge in [0, 0.05) is 17.1 Å². The first-order valence-corrected chi connectivity index (χ1v) is 9.93. The maximum atomic E-state index is 13.1. The van der Waals surface area contributed by atoms with E-state index < -0.39 is 29.7 Å². The van der Waals surface area contributed by atoms with Gasteiger partial charge in [0.25, 0.3) is 5.91 Å². The highest BCUT2D eigenvalue weighted by atomic mass is 35.5. The van der Waals surface area contributed by atoms with Crippen LogP contribution in [0.2, 0.25) is 5.02 Å². The maximum Gasteiger partial charge on any atom is 0.251 e. The van der Waals surface area contributed by atoms with E-state index in [-0.39, 0.29) is 24.7 Å². The lowest BCUT2D eigenvalue weighted by atomic mass is 9.97. The van der Waals surface area contributed by atoms with Crippen molar-refractivity contribution in [2.45, 2.75) is 26.3 Å². The topological polar surface area (TPSA) is 101 Å². The number of primary amides is 1. The lowest BCUT2D eigenvalue weighted by Crippen LogP contribution is -2.51. The molecule has 2 atom stereocenters.